The van der Waals surface area contributed by atoms with E-state index in [9.17, 15) is 0 Å². The van der Waals surface area contributed by atoms with Crippen molar-refractivity contribution >= 4 is 15.9 Å². The molecule has 1 aromatic carbocycles. The van der Waals surface area contributed by atoms with Gasteiger partial charge in [0.05, 0.1) is 5.69 Å². The fraction of sp³-hybridized carbons (Fsp3) is 0.438. The molecule has 1 aromatic heterocycles. The number of nitrogens with zero attached hydrogens (tertiary/aromatic N) is 2. The van der Waals surface area contributed by atoms with E-state index in [1.165, 1.54) is 16.8 Å². The van der Waals surface area contributed by atoms with Crippen molar-refractivity contribution in [3.8, 4) is 0 Å². The summed E-state index contributed by atoms with van der Waals surface area (Å²) < 4.78 is 3.14. The highest BCUT2D eigenvalue weighted by Gasteiger charge is 2.14. The van der Waals surface area contributed by atoms with Crippen molar-refractivity contribution in [1.29, 1.82) is 0 Å². The largest absolute Gasteiger partial charge is 0.324 e. The summed E-state index contributed by atoms with van der Waals surface area (Å²) >= 11 is 3.52. The molecule has 4 heteroatoms. The Hall–Kier alpha value is -1.13. The maximum Gasteiger partial charge on any atom is 0.0624 e. The first-order chi connectivity index (χ1) is 9.55. The highest BCUT2D eigenvalue weighted by molar-refractivity contribution is 9.10. The number of hydrogen-bond donors (Lipinski definition) is 1. The van der Waals surface area contributed by atoms with Gasteiger partial charge >= 0.3 is 0 Å². The summed E-state index contributed by atoms with van der Waals surface area (Å²) in [6.07, 6.45) is 1.78. The van der Waals surface area contributed by atoms with Gasteiger partial charge in [0.15, 0.2) is 0 Å². The van der Waals surface area contributed by atoms with Crippen LogP contribution in [0.15, 0.2) is 28.7 Å². The Labute approximate surface area is 129 Å². The first-order valence-corrected chi connectivity index (χ1v) is 7.91. The number of aromatic nitrogens is 2. The first kappa shape index (κ1) is 15.3. The molecule has 1 unspecified atom stereocenters. The smallest absolute Gasteiger partial charge is 0.0624 e. The average molecular weight is 336 g/mol. The molecule has 0 aliphatic heterocycles. The molecule has 0 saturated carbocycles. The molecule has 0 radical (unpaired) electrons. The van der Waals surface area contributed by atoms with Crippen molar-refractivity contribution in [1.82, 2.24) is 9.78 Å². The zero-order chi connectivity index (χ0) is 14.7. The summed E-state index contributed by atoms with van der Waals surface area (Å²) in [4.78, 5) is 0. The van der Waals surface area contributed by atoms with E-state index in [4.69, 9.17) is 5.73 Å². The Morgan fingerprint density at radius 1 is 1.30 bits per heavy atom. The molecule has 0 saturated heterocycles. The van der Waals surface area contributed by atoms with Crippen molar-refractivity contribution in [3.63, 3.8) is 0 Å². The predicted octanol–water partition coefficient (Wildman–Crippen LogP) is 3.78. The summed E-state index contributed by atoms with van der Waals surface area (Å²) in [5.74, 6) is 0. The quantitative estimate of drug-likeness (QED) is 0.903. The highest BCUT2D eigenvalue weighted by Crippen LogP contribution is 2.24. The molecule has 2 aromatic rings. The predicted molar refractivity (Wildman–Crippen MR) is 86.8 cm³/mol. The monoisotopic (exact) mass is 335 g/mol. The third kappa shape index (κ3) is 3.30. The van der Waals surface area contributed by atoms with Gasteiger partial charge in [-0.1, -0.05) is 28.9 Å². The summed E-state index contributed by atoms with van der Waals surface area (Å²) in [6, 6.07) is 8.45. The number of hydrogen-bond acceptors (Lipinski definition) is 2. The third-order valence-electron chi connectivity index (χ3n) is 3.65. The van der Waals surface area contributed by atoms with Crippen LogP contribution in [0.3, 0.4) is 0 Å². The van der Waals surface area contributed by atoms with Crippen LogP contribution in [0, 0.1) is 6.92 Å². The molecule has 0 spiro atoms. The number of benzene rings is 1. The van der Waals surface area contributed by atoms with Crippen LogP contribution >= 0.6 is 15.9 Å². The zero-order valence-electron chi connectivity index (χ0n) is 12.4. The standard InChI is InChI=1S/C16H22BrN3/c1-4-13-9-14(20(5-2)19-13)10-16(18)15-8-12(17)7-6-11(15)3/h6-9,16H,4-5,10,18H2,1-3H3. The van der Waals surface area contributed by atoms with Crippen molar-refractivity contribution < 1.29 is 0 Å². The summed E-state index contributed by atoms with van der Waals surface area (Å²) in [6.45, 7) is 7.24. The lowest BCUT2D eigenvalue weighted by Crippen LogP contribution is -2.17. The molecule has 108 valence electrons. The van der Waals surface area contributed by atoms with E-state index in [0.29, 0.717) is 0 Å². The van der Waals surface area contributed by atoms with Gasteiger partial charge in [-0.3, -0.25) is 4.68 Å². The van der Waals surface area contributed by atoms with E-state index in [0.717, 1.165) is 29.6 Å². The van der Waals surface area contributed by atoms with E-state index in [1.54, 1.807) is 0 Å². The van der Waals surface area contributed by atoms with Crippen molar-refractivity contribution in [3.05, 3.63) is 51.3 Å². The van der Waals surface area contributed by atoms with Crippen LogP contribution in [0.4, 0.5) is 0 Å². The van der Waals surface area contributed by atoms with Crippen LogP contribution in [-0.2, 0) is 19.4 Å². The van der Waals surface area contributed by atoms with Gasteiger partial charge < -0.3 is 5.73 Å². The number of rotatable bonds is 5. The van der Waals surface area contributed by atoms with Crippen LogP contribution in [0.25, 0.3) is 0 Å². The van der Waals surface area contributed by atoms with Crippen LogP contribution < -0.4 is 5.73 Å². The second kappa shape index (κ2) is 6.55. The Balaban J connectivity index is 2.24. The SMILES string of the molecule is CCc1cc(CC(N)c2cc(Br)ccc2C)n(CC)n1. The molecule has 0 bridgehead atoms. The Kier molecular flexibility index (Phi) is 5.00. The van der Waals surface area contributed by atoms with Crippen molar-refractivity contribution in [2.24, 2.45) is 5.73 Å². The molecular weight excluding hydrogens is 314 g/mol. The third-order valence-corrected chi connectivity index (χ3v) is 4.14. The minimum Gasteiger partial charge on any atom is -0.324 e. The molecule has 0 amide bonds. The normalized spacial score (nSPS) is 12.7. The fourth-order valence-corrected chi connectivity index (χ4v) is 2.85. The lowest BCUT2D eigenvalue weighted by atomic mass is 9.98. The maximum atomic E-state index is 6.41. The van der Waals surface area contributed by atoms with E-state index >= 15 is 0 Å². The number of nitrogens with two attached hydrogens (primary N) is 1. The summed E-state index contributed by atoms with van der Waals surface area (Å²) in [7, 11) is 0. The molecule has 0 aliphatic carbocycles. The average Bonchev–Trinajstić information content (AvgIpc) is 2.83. The lowest BCUT2D eigenvalue weighted by Gasteiger charge is -2.16. The van der Waals surface area contributed by atoms with Crippen molar-refractivity contribution in [2.75, 3.05) is 0 Å². The Morgan fingerprint density at radius 3 is 2.70 bits per heavy atom. The Morgan fingerprint density at radius 2 is 2.05 bits per heavy atom. The fourth-order valence-electron chi connectivity index (χ4n) is 2.47. The van der Waals surface area contributed by atoms with Crippen molar-refractivity contribution in [2.45, 2.75) is 46.2 Å². The van der Waals surface area contributed by atoms with E-state index in [1.807, 2.05) is 0 Å². The molecular formula is C16H22BrN3. The summed E-state index contributed by atoms with van der Waals surface area (Å²) in [5, 5.41) is 4.59. The van der Waals surface area contributed by atoms with Gasteiger partial charge in [0.1, 0.15) is 0 Å². The van der Waals surface area contributed by atoms with Gasteiger partial charge in [-0.2, -0.15) is 5.10 Å². The van der Waals surface area contributed by atoms with Gasteiger partial charge in [-0.25, -0.2) is 0 Å². The minimum absolute atomic E-state index is 0.000735. The Bertz CT molecular complexity index is 589. The molecule has 0 fully saturated rings. The highest BCUT2D eigenvalue weighted by atomic mass is 79.9. The molecule has 20 heavy (non-hydrogen) atoms. The van der Waals surface area contributed by atoms with E-state index in [-0.39, 0.29) is 6.04 Å². The molecule has 2 rings (SSSR count). The zero-order valence-corrected chi connectivity index (χ0v) is 13.9. The number of aryl methyl sites for hydroxylation is 3. The van der Waals surface area contributed by atoms with Crippen LogP contribution in [0.1, 0.15) is 42.4 Å². The molecule has 1 heterocycles. The number of halogens is 1. The minimum atomic E-state index is -0.000735. The van der Waals surface area contributed by atoms with E-state index in [2.05, 4.69) is 70.7 Å². The van der Waals surface area contributed by atoms with Crippen LogP contribution in [0.2, 0.25) is 0 Å². The molecule has 3 nitrogen and oxygen atoms in total. The first-order valence-electron chi connectivity index (χ1n) is 7.12. The van der Waals surface area contributed by atoms with Gasteiger partial charge in [-0.05, 0) is 49.6 Å². The van der Waals surface area contributed by atoms with Gasteiger partial charge in [0.25, 0.3) is 0 Å². The molecule has 2 N–H and O–H groups in total. The summed E-state index contributed by atoms with van der Waals surface area (Å²) in [5.41, 5.74) is 11.2. The van der Waals surface area contributed by atoms with Gasteiger partial charge in [0.2, 0.25) is 0 Å². The van der Waals surface area contributed by atoms with Crippen LogP contribution in [0.5, 0.6) is 0 Å². The van der Waals surface area contributed by atoms with Gasteiger partial charge in [-0.15, -0.1) is 0 Å². The second-order valence-electron chi connectivity index (χ2n) is 5.11. The lowest BCUT2D eigenvalue weighted by molar-refractivity contribution is 0.584. The topological polar surface area (TPSA) is 43.8 Å². The maximum absolute atomic E-state index is 6.41. The van der Waals surface area contributed by atoms with Crippen LogP contribution in [-0.4, -0.2) is 9.78 Å². The second-order valence-corrected chi connectivity index (χ2v) is 6.02. The van der Waals surface area contributed by atoms with E-state index < -0.39 is 0 Å². The van der Waals surface area contributed by atoms with Gasteiger partial charge in [0, 0.05) is 29.2 Å². The molecule has 0 aliphatic rings. The molecule has 1 atom stereocenters.